The Labute approximate surface area is 135 Å². The zero-order valence-corrected chi connectivity index (χ0v) is 13.7. The van der Waals surface area contributed by atoms with E-state index < -0.39 is 0 Å². The van der Waals surface area contributed by atoms with Gasteiger partial charge >= 0.3 is 0 Å². The number of fused-ring (bicyclic) bond motifs is 1. The summed E-state index contributed by atoms with van der Waals surface area (Å²) in [7, 11) is 0. The number of hydrogen-bond donors (Lipinski definition) is 1. The molecule has 2 aromatic heterocycles. The molecule has 1 amide bonds. The summed E-state index contributed by atoms with van der Waals surface area (Å²) in [6.07, 6.45) is 4.11. The predicted molar refractivity (Wildman–Crippen MR) is 89.1 cm³/mol. The molecule has 0 bridgehead atoms. The number of hydrogen-bond acceptors (Lipinski definition) is 3. The van der Waals surface area contributed by atoms with Crippen LogP contribution < -0.4 is 5.32 Å². The molecule has 1 unspecified atom stereocenters. The maximum Gasteiger partial charge on any atom is 0.222 e. The third-order valence-corrected chi connectivity index (χ3v) is 3.98. The summed E-state index contributed by atoms with van der Waals surface area (Å²) in [4.78, 5) is 12.1. The topological polar surface area (TPSA) is 60.1 Å². The van der Waals surface area contributed by atoms with Crippen molar-refractivity contribution in [2.24, 2.45) is 0 Å². The minimum Gasteiger partial charge on any atom is -0.459 e. The van der Waals surface area contributed by atoms with Gasteiger partial charge in [-0.05, 0) is 32.4 Å². The van der Waals surface area contributed by atoms with Gasteiger partial charge in [0.25, 0.3) is 0 Å². The minimum absolute atomic E-state index is 0.00879. The van der Waals surface area contributed by atoms with E-state index in [9.17, 15) is 4.79 Å². The molecule has 1 aromatic carbocycles. The molecule has 3 rings (SSSR count). The number of nitrogens with one attached hydrogen (secondary N) is 1. The fraction of sp³-hybridized carbons (Fsp3) is 0.333. The molecule has 5 heteroatoms. The second-order valence-corrected chi connectivity index (χ2v) is 5.91. The van der Waals surface area contributed by atoms with Gasteiger partial charge in [-0.2, -0.15) is 5.10 Å². The predicted octanol–water partition coefficient (Wildman–Crippen LogP) is 3.51. The number of carbonyl (C=O) groups excluding carboxylic acids is 1. The summed E-state index contributed by atoms with van der Waals surface area (Å²) in [5.41, 5.74) is 3.03. The third kappa shape index (κ3) is 3.28. The lowest BCUT2D eigenvalue weighted by Crippen LogP contribution is -2.27. The standard InChI is InChI=1S/C18H21N3O2/c1-12-10-19-21(11-12)9-8-17(22)20-14(3)18-13(2)15-6-4-5-7-16(15)23-18/h4-7,10-11,14H,8-9H2,1-3H3,(H,20,22). The molecule has 1 N–H and O–H groups in total. The van der Waals surface area contributed by atoms with E-state index in [-0.39, 0.29) is 11.9 Å². The summed E-state index contributed by atoms with van der Waals surface area (Å²) in [6, 6.07) is 7.76. The lowest BCUT2D eigenvalue weighted by molar-refractivity contribution is -0.122. The first-order chi connectivity index (χ1) is 11.0. The van der Waals surface area contributed by atoms with Crippen molar-refractivity contribution in [3.8, 4) is 0 Å². The lowest BCUT2D eigenvalue weighted by atomic mass is 10.1. The van der Waals surface area contributed by atoms with Crippen LogP contribution in [0.2, 0.25) is 0 Å². The Bertz CT molecular complexity index is 832. The number of furan rings is 1. The van der Waals surface area contributed by atoms with E-state index >= 15 is 0 Å². The summed E-state index contributed by atoms with van der Waals surface area (Å²) >= 11 is 0. The van der Waals surface area contributed by atoms with Crippen molar-refractivity contribution in [2.75, 3.05) is 0 Å². The van der Waals surface area contributed by atoms with Gasteiger partial charge in [0.1, 0.15) is 11.3 Å². The Balaban J connectivity index is 1.64. The van der Waals surface area contributed by atoms with Gasteiger partial charge in [0.2, 0.25) is 5.91 Å². The van der Waals surface area contributed by atoms with Crippen LogP contribution in [-0.2, 0) is 11.3 Å². The molecule has 5 nitrogen and oxygen atoms in total. The molecular weight excluding hydrogens is 290 g/mol. The van der Waals surface area contributed by atoms with Crippen LogP contribution in [0.4, 0.5) is 0 Å². The van der Waals surface area contributed by atoms with Gasteiger partial charge < -0.3 is 9.73 Å². The first-order valence-electron chi connectivity index (χ1n) is 7.81. The van der Waals surface area contributed by atoms with Crippen molar-refractivity contribution < 1.29 is 9.21 Å². The maximum atomic E-state index is 12.1. The Morgan fingerprint density at radius 3 is 2.83 bits per heavy atom. The molecule has 0 aliphatic carbocycles. The number of amides is 1. The van der Waals surface area contributed by atoms with Crippen molar-refractivity contribution >= 4 is 16.9 Å². The molecule has 0 saturated heterocycles. The molecule has 0 aliphatic rings. The number of carbonyl (C=O) groups is 1. The molecule has 0 aliphatic heterocycles. The zero-order chi connectivity index (χ0) is 16.4. The Morgan fingerprint density at radius 2 is 2.13 bits per heavy atom. The molecular formula is C18H21N3O2. The van der Waals surface area contributed by atoms with Crippen LogP contribution >= 0.6 is 0 Å². The van der Waals surface area contributed by atoms with E-state index in [1.54, 1.807) is 10.9 Å². The monoisotopic (exact) mass is 311 g/mol. The van der Waals surface area contributed by atoms with Crippen LogP contribution in [0.15, 0.2) is 41.1 Å². The molecule has 3 aromatic rings. The molecule has 0 fully saturated rings. The highest BCUT2D eigenvalue weighted by molar-refractivity contribution is 5.82. The maximum absolute atomic E-state index is 12.1. The largest absolute Gasteiger partial charge is 0.459 e. The van der Waals surface area contributed by atoms with E-state index in [0.717, 1.165) is 27.9 Å². The van der Waals surface area contributed by atoms with Gasteiger partial charge in [0, 0.05) is 30.1 Å². The number of aryl methyl sites for hydroxylation is 3. The van der Waals surface area contributed by atoms with E-state index in [1.807, 2.05) is 51.2 Å². The van der Waals surface area contributed by atoms with Gasteiger partial charge in [-0.1, -0.05) is 18.2 Å². The lowest BCUT2D eigenvalue weighted by Gasteiger charge is -2.12. The Morgan fingerprint density at radius 1 is 1.35 bits per heavy atom. The van der Waals surface area contributed by atoms with E-state index in [2.05, 4.69) is 10.4 Å². The Kier molecular flexibility index (Phi) is 4.19. The van der Waals surface area contributed by atoms with Gasteiger partial charge in [0.05, 0.1) is 12.2 Å². The van der Waals surface area contributed by atoms with Crippen LogP contribution in [0.1, 0.15) is 36.3 Å². The average Bonchev–Trinajstić information content (AvgIpc) is 3.09. The van der Waals surface area contributed by atoms with Crippen LogP contribution in [0.3, 0.4) is 0 Å². The van der Waals surface area contributed by atoms with Crippen LogP contribution in [0.5, 0.6) is 0 Å². The second-order valence-electron chi connectivity index (χ2n) is 5.91. The average molecular weight is 311 g/mol. The fourth-order valence-corrected chi connectivity index (χ4v) is 2.79. The van der Waals surface area contributed by atoms with Gasteiger partial charge in [0.15, 0.2) is 0 Å². The van der Waals surface area contributed by atoms with Gasteiger partial charge in [-0.3, -0.25) is 9.48 Å². The smallest absolute Gasteiger partial charge is 0.222 e. The molecule has 2 heterocycles. The highest BCUT2D eigenvalue weighted by Gasteiger charge is 2.18. The van der Waals surface area contributed by atoms with E-state index in [4.69, 9.17) is 4.42 Å². The summed E-state index contributed by atoms with van der Waals surface area (Å²) in [6.45, 7) is 6.53. The second kappa shape index (κ2) is 6.28. The molecule has 0 spiro atoms. The first-order valence-corrected chi connectivity index (χ1v) is 7.81. The van der Waals surface area contributed by atoms with Crippen molar-refractivity contribution in [1.29, 1.82) is 0 Å². The number of rotatable bonds is 5. The van der Waals surface area contributed by atoms with E-state index in [1.165, 1.54) is 0 Å². The molecule has 120 valence electrons. The number of benzene rings is 1. The minimum atomic E-state index is -0.158. The quantitative estimate of drug-likeness (QED) is 0.784. The van der Waals surface area contributed by atoms with Crippen molar-refractivity contribution in [3.63, 3.8) is 0 Å². The van der Waals surface area contributed by atoms with Gasteiger partial charge in [-0.25, -0.2) is 0 Å². The SMILES string of the molecule is Cc1cnn(CCC(=O)NC(C)c2oc3ccccc3c2C)c1. The third-order valence-electron chi connectivity index (χ3n) is 3.98. The van der Waals surface area contributed by atoms with Crippen LogP contribution in [0, 0.1) is 13.8 Å². The summed E-state index contributed by atoms with van der Waals surface area (Å²) < 4.78 is 7.68. The van der Waals surface area contributed by atoms with Crippen LogP contribution in [-0.4, -0.2) is 15.7 Å². The van der Waals surface area contributed by atoms with Crippen LogP contribution in [0.25, 0.3) is 11.0 Å². The highest BCUT2D eigenvalue weighted by atomic mass is 16.3. The Hall–Kier alpha value is -2.56. The molecule has 0 saturated carbocycles. The zero-order valence-electron chi connectivity index (χ0n) is 13.7. The summed E-state index contributed by atoms with van der Waals surface area (Å²) in [5, 5.41) is 8.28. The summed E-state index contributed by atoms with van der Waals surface area (Å²) in [5.74, 6) is 0.806. The van der Waals surface area contributed by atoms with E-state index in [0.29, 0.717) is 13.0 Å². The fourth-order valence-electron chi connectivity index (χ4n) is 2.79. The number of para-hydroxylation sites is 1. The molecule has 1 atom stereocenters. The first kappa shape index (κ1) is 15.3. The normalized spacial score (nSPS) is 12.5. The van der Waals surface area contributed by atoms with Crippen molar-refractivity contribution in [2.45, 2.75) is 39.8 Å². The van der Waals surface area contributed by atoms with Crippen molar-refractivity contribution in [3.05, 3.63) is 53.5 Å². The van der Waals surface area contributed by atoms with Crippen molar-refractivity contribution in [1.82, 2.24) is 15.1 Å². The number of aromatic nitrogens is 2. The molecule has 23 heavy (non-hydrogen) atoms. The van der Waals surface area contributed by atoms with Gasteiger partial charge in [-0.15, -0.1) is 0 Å². The highest BCUT2D eigenvalue weighted by Crippen LogP contribution is 2.29. The molecule has 0 radical (unpaired) electrons. The number of nitrogens with zero attached hydrogens (tertiary/aromatic N) is 2.